The predicted molar refractivity (Wildman–Crippen MR) is 109 cm³/mol. The first kappa shape index (κ1) is 16.7. The lowest BCUT2D eigenvalue weighted by Gasteiger charge is -2.30. The third kappa shape index (κ3) is 2.99. The Morgan fingerprint density at radius 1 is 0.815 bits per heavy atom. The van der Waals surface area contributed by atoms with E-state index in [1.165, 1.54) is 36.0 Å². The van der Waals surface area contributed by atoms with E-state index in [-0.39, 0.29) is 6.04 Å². The first-order valence-corrected chi connectivity index (χ1v) is 9.93. The van der Waals surface area contributed by atoms with Gasteiger partial charge in [0.1, 0.15) is 5.60 Å². The van der Waals surface area contributed by atoms with Crippen LogP contribution in [0.15, 0.2) is 78.9 Å². The number of aryl methyl sites for hydroxylation is 2. The van der Waals surface area contributed by atoms with Crippen molar-refractivity contribution in [2.45, 2.75) is 37.5 Å². The van der Waals surface area contributed by atoms with Crippen LogP contribution in [-0.2, 0) is 25.0 Å². The van der Waals surface area contributed by atoms with Crippen molar-refractivity contribution < 1.29 is 5.11 Å². The fourth-order valence-corrected chi connectivity index (χ4v) is 4.64. The normalized spacial score (nSPS) is 21.1. The third-order valence-electron chi connectivity index (χ3n) is 6.17. The molecule has 2 atom stereocenters. The van der Waals surface area contributed by atoms with Crippen molar-refractivity contribution in [3.8, 4) is 0 Å². The maximum atomic E-state index is 11.9. The molecule has 1 heterocycles. The van der Waals surface area contributed by atoms with Gasteiger partial charge in [-0.3, -0.25) is 4.90 Å². The summed E-state index contributed by atoms with van der Waals surface area (Å²) in [5, 5.41) is 11.9. The van der Waals surface area contributed by atoms with E-state index in [0.717, 1.165) is 24.2 Å². The van der Waals surface area contributed by atoms with Crippen LogP contribution in [0.2, 0.25) is 0 Å². The second-order valence-corrected chi connectivity index (χ2v) is 7.90. The van der Waals surface area contributed by atoms with Crippen LogP contribution >= 0.6 is 0 Å². The smallest absolute Gasteiger partial charge is 0.131 e. The lowest BCUT2D eigenvalue weighted by Crippen LogP contribution is -2.36. The van der Waals surface area contributed by atoms with Gasteiger partial charge in [-0.2, -0.15) is 0 Å². The molecule has 27 heavy (non-hydrogen) atoms. The quantitative estimate of drug-likeness (QED) is 0.690. The van der Waals surface area contributed by atoms with Gasteiger partial charge in [-0.05, 0) is 47.1 Å². The molecule has 1 N–H and O–H groups in total. The van der Waals surface area contributed by atoms with Crippen LogP contribution in [0.3, 0.4) is 0 Å². The Bertz CT molecular complexity index is 896. The zero-order valence-electron chi connectivity index (χ0n) is 15.5. The summed E-state index contributed by atoms with van der Waals surface area (Å²) in [5.74, 6) is 0. The molecule has 136 valence electrons. The van der Waals surface area contributed by atoms with Gasteiger partial charge in [0.25, 0.3) is 0 Å². The molecule has 2 aliphatic rings. The van der Waals surface area contributed by atoms with Crippen LogP contribution in [0.25, 0.3) is 0 Å². The largest absolute Gasteiger partial charge is 0.379 e. The maximum Gasteiger partial charge on any atom is 0.131 e. The molecule has 0 saturated carbocycles. The van der Waals surface area contributed by atoms with E-state index in [2.05, 4.69) is 23.1 Å². The number of hydrogen-bond acceptors (Lipinski definition) is 2. The Hall–Kier alpha value is -2.42. The average Bonchev–Trinajstić information content (AvgIpc) is 3.34. The highest BCUT2D eigenvalue weighted by molar-refractivity contribution is 5.41. The number of benzene rings is 3. The van der Waals surface area contributed by atoms with Crippen LogP contribution in [0.1, 0.15) is 34.2 Å². The first-order valence-electron chi connectivity index (χ1n) is 9.93. The van der Waals surface area contributed by atoms with Crippen molar-refractivity contribution in [1.82, 2.24) is 4.90 Å². The highest BCUT2D eigenvalue weighted by Crippen LogP contribution is 2.43. The summed E-state index contributed by atoms with van der Waals surface area (Å²) in [6, 6.07) is 27.3. The summed E-state index contributed by atoms with van der Waals surface area (Å²) in [4.78, 5) is 2.39. The van der Waals surface area contributed by atoms with E-state index in [0.29, 0.717) is 0 Å². The molecule has 1 fully saturated rings. The van der Waals surface area contributed by atoms with Crippen molar-refractivity contribution in [2.75, 3.05) is 6.54 Å². The molecule has 1 aliphatic heterocycles. The van der Waals surface area contributed by atoms with Crippen LogP contribution in [0, 0.1) is 0 Å². The zero-order chi connectivity index (χ0) is 18.3. The van der Waals surface area contributed by atoms with E-state index < -0.39 is 5.60 Å². The Labute approximate surface area is 161 Å². The van der Waals surface area contributed by atoms with Gasteiger partial charge in [0, 0.05) is 13.1 Å². The fourth-order valence-electron chi connectivity index (χ4n) is 4.64. The lowest BCUT2D eigenvalue weighted by molar-refractivity contribution is 0.0638. The average molecular weight is 355 g/mol. The Balaban J connectivity index is 1.43. The molecule has 1 saturated heterocycles. The second-order valence-electron chi connectivity index (χ2n) is 7.90. The lowest BCUT2D eigenvalue weighted by atomic mass is 9.83. The van der Waals surface area contributed by atoms with Crippen LogP contribution < -0.4 is 0 Å². The first-order chi connectivity index (χ1) is 13.2. The molecule has 5 rings (SSSR count). The van der Waals surface area contributed by atoms with E-state index >= 15 is 0 Å². The summed E-state index contributed by atoms with van der Waals surface area (Å²) >= 11 is 0. The standard InChI is InChI=1S/C25H25NO/c27-25(22-10-3-1-4-11-22,23-12-5-2-6-13-23)24-18-26(24)17-19-14-15-20-8-7-9-21(20)16-19/h1-6,10-16,24,27H,7-9,17-18H2/t24-,26?/m0/s1. The molecule has 1 unspecified atom stereocenters. The van der Waals surface area contributed by atoms with Gasteiger partial charge in [-0.25, -0.2) is 0 Å². The minimum absolute atomic E-state index is 0.107. The maximum absolute atomic E-state index is 11.9. The molecule has 0 amide bonds. The summed E-state index contributed by atoms with van der Waals surface area (Å²) in [7, 11) is 0. The van der Waals surface area contributed by atoms with Gasteiger partial charge in [0.15, 0.2) is 0 Å². The SMILES string of the molecule is OC(c1ccccc1)(c1ccccc1)[C@@H]1CN1Cc1ccc2c(c1)CCC2. The van der Waals surface area contributed by atoms with E-state index in [4.69, 9.17) is 0 Å². The number of rotatable bonds is 5. The predicted octanol–water partition coefficient (Wildman–Crippen LogP) is 4.30. The molecule has 0 bridgehead atoms. The fraction of sp³-hybridized carbons (Fsp3) is 0.280. The van der Waals surface area contributed by atoms with Crippen molar-refractivity contribution in [1.29, 1.82) is 0 Å². The van der Waals surface area contributed by atoms with E-state index in [1.807, 2.05) is 60.7 Å². The van der Waals surface area contributed by atoms with Crippen LogP contribution in [0.5, 0.6) is 0 Å². The van der Waals surface area contributed by atoms with Crippen molar-refractivity contribution in [3.63, 3.8) is 0 Å². The van der Waals surface area contributed by atoms with Gasteiger partial charge in [0.2, 0.25) is 0 Å². The van der Waals surface area contributed by atoms with Crippen molar-refractivity contribution in [3.05, 3.63) is 107 Å². The van der Waals surface area contributed by atoms with Crippen molar-refractivity contribution in [2.24, 2.45) is 0 Å². The molecule has 2 nitrogen and oxygen atoms in total. The number of fused-ring (bicyclic) bond motifs is 1. The molecule has 1 aliphatic carbocycles. The highest BCUT2D eigenvalue weighted by Gasteiger charge is 2.52. The molecule has 0 spiro atoms. The molecule has 0 aromatic heterocycles. The molecule has 3 aromatic rings. The zero-order valence-corrected chi connectivity index (χ0v) is 15.5. The monoisotopic (exact) mass is 355 g/mol. The molecule has 2 heteroatoms. The van der Waals surface area contributed by atoms with Gasteiger partial charge in [-0.15, -0.1) is 0 Å². The minimum Gasteiger partial charge on any atom is -0.379 e. The van der Waals surface area contributed by atoms with Crippen molar-refractivity contribution >= 4 is 0 Å². The molecular formula is C25H25NO. The van der Waals surface area contributed by atoms with E-state index in [9.17, 15) is 5.11 Å². The third-order valence-corrected chi connectivity index (χ3v) is 6.17. The van der Waals surface area contributed by atoms with Crippen LogP contribution in [-0.4, -0.2) is 22.6 Å². The highest BCUT2D eigenvalue weighted by atomic mass is 16.3. The number of hydrogen-bond donors (Lipinski definition) is 1. The van der Waals surface area contributed by atoms with Crippen LogP contribution in [0.4, 0.5) is 0 Å². The Morgan fingerprint density at radius 2 is 1.44 bits per heavy atom. The molecule has 0 radical (unpaired) electrons. The van der Waals surface area contributed by atoms with Gasteiger partial charge in [-0.1, -0.05) is 78.9 Å². The van der Waals surface area contributed by atoms with Gasteiger partial charge < -0.3 is 5.11 Å². The van der Waals surface area contributed by atoms with E-state index in [1.54, 1.807) is 0 Å². The topological polar surface area (TPSA) is 23.2 Å². The summed E-state index contributed by atoms with van der Waals surface area (Å²) < 4.78 is 0. The minimum atomic E-state index is -0.973. The Kier molecular flexibility index (Phi) is 4.11. The molecular weight excluding hydrogens is 330 g/mol. The molecule has 3 aromatic carbocycles. The van der Waals surface area contributed by atoms with Gasteiger partial charge >= 0.3 is 0 Å². The summed E-state index contributed by atoms with van der Waals surface area (Å²) in [6.45, 7) is 1.82. The number of aliphatic hydroxyl groups is 1. The summed E-state index contributed by atoms with van der Waals surface area (Å²) in [6.07, 6.45) is 3.72. The van der Waals surface area contributed by atoms with Gasteiger partial charge in [0.05, 0.1) is 6.04 Å². The second kappa shape index (κ2) is 6.63. The number of nitrogens with zero attached hydrogens (tertiary/aromatic N) is 1. The Morgan fingerprint density at radius 3 is 2.11 bits per heavy atom. The summed E-state index contributed by atoms with van der Waals surface area (Å²) in [5.41, 5.74) is 5.37.